The number of fused-ring (bicyclic) bond motifs is 1. The fourth-order valence-corrected chi connectivity index (χ4v) is 6.01. The predicted molar refractivity (Wildman–Crippen MR) is 164 cm³/mol. The molecule has 0 bridgehead atoms. The zero-order valence-corrected chi connectivity index (χ0v) is 24.5. The molecule has 1 aliphatic carbocycles. The van der Waals surface area contributed by atoms with Crippen molar-refractivity contribution in [3.05, 3.63) is 120 Å². The number of allylic oxidation sites excluding steroid dienone is 1. The zero-order valence-electron chi connectivity index (χ0n) is 24.5. The van der Waals surface area contributed by atoms with Gasteiger partial charge in [0.1, 0.15) is 11.6 Å². The van der Waals surface area contributed by atoms with E-state index >= 15 is 0 Å². The molecule has 0 amide bonds. The summed E-state index contributed by atoms with van der Waals surface area (Å²) in [6.07, 6.45) is 6.70. The standard InChI is InChI=1S/C34H38FN2O.C2H6/c1-4-27-20-25(2)31(27)17-18-36(22-26-10-6-5-7-11-26)23-28-16-19-37(34-13-9-8-12-32(28)34)24-29-21-30(38-3)14-15-33(29)35;1-2/h4-16,19,21,25,27,31H,1,17-18,20,22-24H2,2-3H3;1-2H3/q+1;. The summed E-state index contributed by atoms with van der Waals surface area (Å²) in [7, 11) is 1.61. The van der Waals surface area contributed by atoms with Crippen LogP contribution < -0.4 is 9.30 Å². The number of hydrogen-bond donors (Lipinski definition) is 0. The largest absolute Gasteiger partial charge is 0.497 e. The smallest absolute Gasteiger partial charge is 0.213 e. The number of methoxy groups -OCH3 is 1. The molecule has 1 heterocycles. The van der Waals surface area contributed by atoms with E-state index in [4.69, 9.17) is 4.74 Å². The first-order valence-corrected chi connectivity index (χ1v) is 14.7. The van der Waals surface area contributed by atoms with Crippen molar-refractivity contribution in [1.29, 1.82) is 0 Å². The maximum atomic E-state index is 14.6. The van der Waals surface area contributed by atoms with Gasteiger partial charge in [0.25, 0.3) is 0 Å². The number of halogens is 1. The van der Waals surface area contributed by atoms with Gasteiger partial charge in [-0.15, -0.1) is 6.58 Å². The van der Waals surface area contributed by atoms with Gasteiger partial charge in [-0.05, 0) is 72.5 Å². The van der Waals surface area contributed by atoms with Crippen LogP contribution in [-0.2, 0) is 19.6 Å². The van der Waals surface area contributed by atoms with Crippen molar-refractivity contribution in [1.82, 2.24) is 4.90 Å². The minimum Gasteiger partial charge on any atom is -0.497 e. The number of benzene rings is 3. The number of para-hydroxylation sites is 1. The first-order valence-electron chi connectivity index (χ1n) is 14.7. The normalized spacial score (nSPS) is 18.1. The van der Waals surface area contributed by atoms with Crippen molar-refractivity contribution in [2.45, 2.75) is 53.2 Å². The van der Waals surface area contributed by atoms with E-state index in [0.29, 0.717) is 23.8 Å². The summed E-state index contributed by atoms with van der Waals surface area (Å²) in [5.41, 5.74) is 4.34. The maximum Gasteiger partial charge on any atom is 0.213 e. The van der Waals surface area contributed by atoms with Crippen LogP contribution in [0.3, 0.4) is 0 Å². The molecule has 5 rings (SSSR count). The lowest BCUT2D eigenvalue weighted by atomic mass is 9.64. The summed E-state index contributed by atoms with van der Waals surface area (Å²) < 4.78 is 22.1. The molecule has 3 atom stereocenters. The van der Waals surface area contributed by atoms with Gasteiger partial charge in [-0.1, -0.05) is 69.3 Å². The molecule has 3 unspecified atom stereocenters. The second-order valence-electron chi connectivity index (χ2n) is 10.7. The van der Waals surface area contributed by atoms with Gasteiger partial charge in [-0.2, -0.15) is 4.57 Å². The molecule has 3 nitrogen and oxygen atoms in total. The summed E-state index contributed by atoms with van der Waals surface area (Å²) in [6.45, 7) is 13.7. The lowest BCUT2D eigenvalue weighted by Crippen LogP contribution is -2.37. The second kappa shape index (κ2) is 14.2. The minimum atomic E-state index is -0.219. The van der Waals surface area contributed by atoms with Crippen LogP contribution in [0.15, 0.2) is 97.7 Å². The van der Waals surface area contributed by atoms with Gasteiger partial charge in [0.05, 0.1) is 18.1 Å². The number of rotatable bonds is 11. The van der Waals surface area contributed by atoms with E-state index in [-0.39, 0.29) is 5.82 Å². The summed E-state index contributed by atoms with van der Waals surface area (Å²) in [6, 6.07) is 26.3. The van der Waals surface area contributed by atoms with Crippen LogP contribution >= 0.6 is 0 Å². The van der Waals surface area contributed by atoms with Crippen LogP contribution in [0.1, 0.15) is 50.3 Å². The fraction of sp³-hybridized carbons (Fsp3) is 0.361. The van der Waals surface area contributed by atoms with Crippen LogP contribution in [0.2, 0.25) is 0 Å². The van der Waals surface area contributed by atoms with Crippen LogP contribution in [0.4, 0.5) is 4.39 Å². The number of aromatic nitrogens is 1. The Kier molecular flexibility index (Phi) is 10.5. The molecule has 0 saturated heterocycles. The van der Waals surface area contributed by atoms with Crippen molar-refractivity contribution >= 4 is 10.9 Å². The minimum absolute atomic E-state index is 0.219. The Morgan fingerprint density at radius 3 is 2.45 bits per heavy atom. The summed E-state index contributed by atoms with van der Waals surface area (Å²) in [5.74, 6) is 2.59. The van der Waals surface area contributed by atoms with E-state index in [1.807, 2.05) is 13.8 Å². The van der Waals surface area contributed by atoms with Crippen LogP contribution in [0, 0.1) is 23.6 Å². The lowest BCUT2D eigenvalue weighted by Gasteiger charge is -2.42. The highest BCUT2D eigenvalue weighted by molar-refractivity contribution is 5.79. The highest BCUT2D eigenvalue weighted by Gasteiger charge is 2.35. The molecule has 1 saturated carbocycles. The number of nitrogens with zero attached hydrogens (tertiary/aromatic N) is 2. The third kappa shape index (κ3) is 6.98. The molecule has 4 heteroatoms. The van der Waals surface area contributed by atoms with Crippen molar-refractivity contribution in [2.75, 3.05) is 13.7 Å². The van der Waals surface area contributed by atoms with E-state index in [0.717, 1.165) is 37.0 Å². The number of ether oxygens (including phenoxy) is 1. The average Bonchev–Trinajstić information content (AvgIpc) is 2.99. The van der Waals surface area contributed by atoms with Gasteiger partial charge in [0, 0.05) is 25.2 Å². The number of hydrogen-bond acceptors (Lipinski definition) is 2. The van der Waals surface area contributed by atoms with Crippen LogP contribution in [-0.4, -0.2) is 18.6 Å². The Labute approximate surface area is 239 Å². The van der Waals surface area contributed by atoms with Crippen molar-refractivity contribution < 1.29 is 13.7 Å². The highest BCUT2D eigenvalue weighted by atomic mass is 19.1. The van der Waals surface area contributed by atoms with Crippen molar-refractivity contribution in [3.63, 3.8) is 0 Å². The molecule has 3 aromatic carbocycles. The molecule has 0 spiro atoms. The predicted octanol–water partition coefficient (Wildman–Crippen LogP) is 8.20. The Hall–Kier alpha value is -3.50. The monoisotopic (exact) mass is 539 g/mol. The first-order chi connectivity index (χ1) is 19.6. The summed E-state index contributed by atoms with van der Waals surface area (Å²) >= 11 is 0. The molecular weight excluding hydrogens is 495 g/mol. The van der Waals surface area contributed by atoms with E-state index < -0.39 is 0 Å². The average molecular weight is 540 g/mol. The van der Waals surface area contributed by atoms with Crippen molar-refractivity contribution in [3.8, 4) is 5.75 Å². The Bertz CT molecular complexity index is 1390. The van der Waals surface area contributed by atoms with E-state index in [1.54, 1.807) is 19.2 Å². The Balaban J connectivity index is 0.00000181. The maximum absolute atomic E-state index is 14.6. The Morgan fingerprint density at radius 2 is 1.73 bits per heavy atom. The lowest BCUT2D eigenvalue weighted by molar-refractivity contribution is -0.662. The second-order valence-corrected chi connectivity index (χ2v) is 10.7. The van der Waals surface area contributed by atoms with Crippen LogP contribution in [0.25, 0.3) is 10.9 Å². The molecule has 210 valence electrons. The third-order valence-electron chi connectivity index (χ3n) is 8.26. The number of pyridine rings is 1. The zero-order chi connectivity index (χ0) is 28.5. The van der Waals surface area contributed by atoms with E-state index in [1.165, 1.54) is 35.4 Å². The molecule has 0 aliphatic heterocycles. The molecule has 1 fully saturated rings. The van der Waals surface area contributed by atoms with E-state index in [9.17, 15) is 4.39 Å². The topological polar surface area (TPSA) is 16.4 Å². The molecule has 0 N–H and O–H groups in total. The fourth-order valence-electron chi connectivity index (χ4n) is 6.01. The molecule has 1 aliphatic rings. The molecule has 0 radical (unpaired) electrons. The summed E-state index contributed by atoms with van der Waals surface area (Å²) in [4.78, 5) is 2.58. The molecule has 40 heavy (non-hydrogen) atoms. The van der Waals surface area contributed by atoms with Gasteiger partial charge in [-0.3, -0.25) is 4.90 Å². The van der Waals surface area contributed by atoms with Gasteiger partial charge < -0.3 is 4.74 Å². The van der Waals surface area contributed by atoms with Gasteiger partial charge in [0.15, 0.2) is 12.7 Å². The third-order valence-corrected chi connectivity index (χ3v) is 8.26. The SMILES string of the molecule is C=CC1CC(C)C1CCN(Cc1ccccc1)Cc1cc[n+](Cc2cc(OC)ccc2F)c2ccccc12.CC. The van der Waals surface area contributed by atoms with Gasteiger partial charge in [-0.25, -0.2) is 4.39 Å². The molecular formula is C36H44FN2O+. The Morgan fingerprint density at radius 1 is 0.975 bits per heavy atom. The molecule has 4 aromatic rings. The quantitative estimate of drug-likeness (QED) is 0.141. The van der Waals surface area contributed by atoms with Gasteiger partial charge >= 0.3 is 0 Å². The summed E-state index contributed by atoms with van der Waals surface area (Å²) in [5, 5.41) is 1.21. The first kappa shape index (κ1) is 29.5. The van der Waals surface area contributed by atoms with Crippen LogP contribution in [0.5, 0.6) is 5.75 Å². The van der Waals surface area contributed by atoms with E-state index in [2.05, 4.69) is 95.9 Å². The molecule has 1 aromatic heterocycles. The van der Waals surface area contributed by atoms with Gasteiger partial charge in [0.2, 0.25) is 5.52 Å². The highest BCUT2D eigenvalue weighted by Crippen LogP contribution is 2.43. The van der Waals surface area contributed by atoms with Crippen molar-refractivity contribution in [2.24, 2.45) is 17.8 Å².